The van der Waals surface area contributed by atoms with Gasteiger partial charge in [-0.2, -0.15) is 0 Å². The molecule has 3 rings (SSSR count). The molecule has 2 aliphatic rings. The van der Waals surface area contributed by atoms with Crippen molar-refractivity contribution >= 4 is 6.03 Å². The van der Waals surface area contributed by atoms with Crippen LogP contribution in [0.15, 0.2) is 24.3 Å². The van der Waals surface area contributed by atoms with Gasteiger partial charge in [0.25, 0.3) is 0 Å². The molecule has 0 aromatic heterocycles. The minimum atomic E-state index is 0.119. The predicted octanol–water partition coefficient (Wildman–Crippen LogP) is 2.47. The fourth-order valence-electron chi connectivity index (χ4n) is 3.52. The zero-order valence-electron chi connectivity index (χ0n) is 14.0. The first kappa shape index (κ1) is 16.1. The number of benzene rings is 1. The number of carbonyl (C=O) groups is 1. The molecule has 0 unspecified atom stereocenters. The molecule has 0 atom stereocenters. The maximum Gasteiger partial charge on any atom is 0.317 e. The zero-order valence-corrected chi connectivity index (χ0v) is 14.0. The Morgan fingerprint density at radius 2 is 1.87 bits per heavy atom. The number of nitrogens with zero attached hydrogens (tertiary/aromatic N) is 2. The number of para-hydroxylation sites is 1. The molecular weight excluding hydrogens is 290 g/mol. The van der Waals surface area contributed by atoms with Crippen molar-refractivity contribution in [2.75, 3.05) is 33.3 Å². The summed E-state index contributed by atoms with van der Waals surface area (Å²) in [6.07, 6.45) is 4.77. The van der Waals surface area contributed by atoms with Gasteiger partial charge in [0.1, 0.15) is 5.75 Å². The van der Waals surface area contributed by atoms with E-state index in [-0.39, 0.29) is 6.03 Å². The van der Waals surface area contributed by atoms with Gasteiger partial charge in [-0.05, 0) is 18.9 Å². The van der Waals surface area contributed by atoms with E-state index in [1.54, 1.807) is 7.11 Å². The number of nitrogens with one attached hydrogen (secondary N) is 1. The van der Waals surface area contributed by atoms with E-state index in [2.05, 4.69) is 16.3 Å². The molecular formula is C18H27N3O2. The van der Waals surface area contributed by atoms with Crippen molar-refractivity contribution in [3.63, 3.8) is 0 Å². The van der Waals surface area contributed by atoms with Gasteiger partial charge in [0.2, 0.25) is 0 Å². The summed E-state index contributed by atoms with van der Waals surface area (Å²) in [7, 11) is 1.71. The first-order valence-corrected chi connectivity index (χ1v) is 8.66. The molecule has 1 heterocycles. The molecule has 5 nitrogen and oxygen atoms in total. The molecule has 1 N–H and O–H groups in total. The summed E-state index contributed by atoms with van der Waals surface area (Å²) in [4.78, 5) is 16.6. The van der Waals surface area contributed by atoms with Crippen molar-refractivity contribution in [1.29, 1.82) is 0 Å². The number of methoxy groups -OCH3 is 1. The Labute approximate surface area is 138 Å². The van der Waals surface area contributed by atoms with Crippen molar-refractivity contribution < 1.29 is 9.53 Å². The van der Waals surface area contributed by atoms with Crippen LogP contribution in [0.2, 0.25) is 0 Å². The number of rotatable bonds is 4. The van der Waals surface area contributed by atoms with E-state index >= 15 is 0 Å². The molecule has 23 heavy (non-hydrogen) atoms. The highest BCUT2D eigenvalue weighted by molar-refractivity contribution is 5.74. The first-order chi connectivity index (χ1) is 11.3. The summed E-state index contributed by atoms with van der Waals surface area (Å²) < 4.78 is 5.42. The van der Waals surface area contributed by atoms with E-state index in [9.17, 15) is 4.79 Å². The van der Waals surface area contributed by atoms with E-state index in [0.29, 0.717) is 6.04 Å². The molecule has 1 aromatic rings. The number of hydrogen-bond acceptors (Lipinski definition) is 3. The summed E-state index contributed by atoms with van der Waals surface area (Å²) in [5.74, 6) is 0.939. The van der Waals surface area contributed by atoms with Crippen molar-refractivity contribution in [1.82, 2.24) is 15.1 Å². The van der Waals surface area contributed by atoms with Crippen LogP contribution in [-0.4, -0.2) is 55.2 Å². The lowest BCUT2D eigenvalue weighted by Gasteiger charge is -2.35. The van der Waals surface area contributed by atoms with Crippen molar-refractivity contribution in [3.05, 3.63) is 29.8 Å². The van der Waals surface area contributed by atoms with Gasteiger partial charge in [-0.15, -0.1) is 0 Å². The van der Waals surface area contributed by atoms with Gasteiger partial charge in [-0.25, -0.2) is 4.79 Å². The molecule has 1 saturated heterocycles. The molecule has 5 heteroatoms. The van der Waals surface area contributed by atoms with Crippen LogP contribution in [0.4, 0.5) is 4.79 Å². The van der Waals surface area contributed by atoms with Crippen molar-refractivity contribution in [2.24, 2.45) is 0 Å². The second-order valence-electron chi connectivity index (χ2n) is 6.51. The van der Waals surface area contributed by atoms with Gasteiger partial charge < -0.3 is 15.0 Å². The lowest BCUT2D eigenvalue weighted by Crippen LogP contribution is -2.52. The fraction of sp³-hybridized carbons (Fsp3) is 0.611. The number of hydrogen-bond donors (Lipinski definition) is 1. The molecule has 126 valence electrons. The Balaban J connectivity index is 1.47. The van der Waals surface area contributed by atoms with E-state index < -0.39 is 0 Å². The SMILES string of the molecule is COc1ccccc1CN1CCN(C(=O)NC2CCCC2)CC1. The van der Waals surface area contributed by atoms with Crippen LogP contribution in [0, 0.1) is 0 Å². The molecule has 2 amide bonds. The second-order valence-corrected chi connectivity index (χ2v) is 6.51. The smallest absolute Gasteiger partial charge is 0.317 e. The minimum absolute atomic E-state index is 0.119. The first-order valence-electron chi connectivity index (χ1n) is 8.66. The van der Waals surface area contributed by atoms with Crippen molar-refractivity contribution in [2.45, 2.75) is 38.3 Å². The van der Waals surface area contributed by atoms with Gasteiger partial charge in [0.05, 0.1) is 7.11 Å². The highest BCUT2D eigenvalue weighted by atomic mass is 16.5. The normalized spacial score (nSPS) is 19.8. The quantitative estimate of drug-likeness (QED) is 0.928. The average Bonchev–Trinajstić information content (AvgIpc) is 3.09. The highest BCUT2D eigenvalue weighted by Crippen LogP contribution is 2.20. The summed E-state index contributed by atoms with van der Waals surface area (Å²) in [6, 6.07) is 8.66. The number of piperazine rings is 1. The summed E-state index contributed by atoms with van der Waals surface area (Å²) in [5, 5.41) is 3.18. The fourth-order valence-corrected chi connectivity index (χ4v) is 3.52. The number of ether oxygens (including phenoxy) is 1. The molecule has 0 radical (unpaired) electrons. The number of amides is 2. The maximum atomic E-state index is 12.3. The third kappa shape index (κ3) is 4.16. The van der Waals surface area contributed by atoms with E-state index in [4.69, 9.17) is 4.74 Å². The van der Waals surface area contributed by atoms with Crippen molar-refractivity contribution in [3.8, 4) is 5.75 Å². The van der Waals surface area contributed by atoms with Crippen LogP contribution in [-0.2, 0) is 6.54 Å². The predicted molar refractivity (Wildman–Crippen MR) is 90.6 cm³/mol. The van der Waals surface area contributed by atoms with Crippen LogP contribution in [0.3, 0.4) is 0 Å². The maximum absolute atomic E-state index is 12.3. The van der Waals surface area contributed by atoms with E-state index in [1.165, 1.54) is 18.4 Å². The van der Waals surface area contributed by atoms with Crippen LogP contribution in [0.1, 0.15) is 31.2 Å². The second kappa shape index (κ2) is 7.68. The Bertz CT molecular complexity index is 521. The molecule has 0 spiro atoms. The topological polar surface area (TPSA) is 44.8 Å². The molecule has 1 aliphatic carbocycles. The van der Waals surface area contributed by atoms with Crippen LogP contribution in [0.25, 0.3) is 0 Å². The standard InChI is InChI=1S/C18H27N3O2/c1-23-17-9-5-2-6-15(17)14-20-10-12-21(13-11-20)18(22)19-16-7-3-4-8-16/h2,5-6,9,16H,3-4,7-8,10-14H2,1H3,(H,19,22). The van der Waals surface area contributed by atoms with Gasteiger partial charge >= 0.3 is 6.03 Å². The Kier molecular flexibility index (Phi) is 5.39. The Morgan fingerprint density at radius 3 is 2.57 bits per heavy atom. The van der Waals surface area contributed by atoms with Gasteiger partial charge in [-0.1, -0.05) is 31.0 Å². The largest absolute Gasteiger partial charge is 0.496 e. The Morgan fingerprint density at radius 1 is 1.17 bits per heavy atom. The third-order valence-corrected chi connectivity index (χ3v) is 4.93. The van der Waals surface area contributed by atoms with Crippen LogP contribution >= 0.6 is 0 Å². The summed E-state index contributed by atoms with van der Waals surface area (Å²) in [5.41, 5.74) is 1.21. The molecule has 0 bridgehead atoms. The Hall–Kier alpha value is -1.75. The van der Waals surface area contributed by atoms with Crippen LogP contribution < -0.4 is 10.1 Å². The van der Waals surface area contributed by atoms with E-state index in [0.717, 1.165) is 51.3 Å². The zero-order chi connectivity index (χ0) is 16.1. The average molecular weight is 317 g/mol. The van der Waals surface area contributed by atoms with Crippen LogP contribution in [0.5, 0.6) is 5.75 Å². The summed E-state index contributed by atoms with van der Waals surface area (Å²) in [6.45, 7) is 4.30. The monoisotopic (exact) mass is 317 g/mol. The molecule has 2 fully saturated rings. The molecule has 1 aliphatic heterocycles. The molecule has 1 saturated carbocycles. The lowest BCUT2D eigenvalue weighted by molar-refractivity contribution is 0.132. The summed E-state index contributed by atoms with van der Waals surface area (Å²) >= 11 is 0. The van der Waals surface area contributed by atoms with E-state index in [1.807, 2.05) is 23.1 Å². The van der Waals surface area contributed by atoms with Gasteiger partial charge in [0.15, 0.2) is 0 Å². The minimum Gasteiger partial charge on any atom is -0.496 e. The lowest BCUT2D eigenvalue weighted by atomic mass is 10.1. The molecule has 1 aromatic carbocycles. The van der Waals surface area contributed by atoms with Gasteiger partial charge in [0, 0.05) is 44.3 Å². The van der Waals surface area contributed by atoms with Gasteiger partial charge in [-0.3, -0.25) is 4.90 Å². The number of carbonyl (C=O) groups excluding carboxylic acids is 1. The number of urea groups is 1. The highest BCUT2D eigenvalue weighted by Gasteiger charge is 2.24. The third-order valence-electron chi connectivity index (χ3n) is 4.93.